The molecule has 0 aromatic heterocycles. The first-order valence-electron chi connectivity index (χ1n) is 4.89. The molecule has 16 heavy (non-hydrogen) atoms. The minimum Gasteiger partial charge on any atom is -1.00 e. The minimum absolute atomic E-state index is 0. The van der Waals surface area contributed by atoms with Crippen molar-refractivity contribution in [3.05, 3.63) is 25.4 Å². The molecule has 0 bridgehead atoms. The SMILES string of the molecule is C=CC(=O)O.C=CN1CCCCCC1=O.[H-].[Na+]. The Kier molecular flexibility index (Phi) is 12.2. The van der Waals surface area contributed by atoms with Crippen molar-refractivity contribution in [2.24, 2.45) is 0 Å². The number of likely N-dealkylation sites (tertiary alicyclic amines) is 1. The van der Waals surface area contributed by atoms with Crippen molar-refractivity contribution < 1.29 is 45.7 Å². The van der Waals surface area contributed by atoms with Gasteiger partial charge in [-0.3, -0.25) is 4.79 Å². The first-order valence-corrected chi connectivity index (χ1v) is 4.89. The van der Waals surface area contributed by atoms with Gasteiger partial charge in [0.15, 0.2) is 0 Å². The molecule has 0 aromatic rings. The second-order valence-electron chi connectivity index (χ2n) is 3.12. The maximum atomic E-state index is 11.1. The van der Waals surface area contributed by atoms with Gasteiger partial charge in [-0.25, -0.2) is 4.79 Å². The van der Waals surface area contributed by atoms with Crippen molar-refractivity contribution in [1.82, 2.24) is 4.90 Å². The zero-order chi connectivity index (χ0) is 11.7. The van der Waals surface area contributed by atoms with Crippen molar-refractivity contribution in [3.8, 4) is 0 Å². The summed E-state index contributed by atoms with van der Waals surface area (Å²) in [5.74, 6) is -0.752. The average molecular weight is 235 g/mol. The molecule has 0 unspecified atom stereocenters. The minimum atomic E-state index is -0.981. The number of carboxylic acids is 1. The maximum Gasteiger partial charge on any atom is 1.00 e. The van der Waals surface area contributed by atoms with Gasteiger partial charge in [0.25, 0.3) is 0 Å². The first-order chi connectivity index (χ1) is 7.11. The fourth-order valence-electron chi connectivity index (χ4n) is 1.20. The molecule has 1 fully saturated rings. The largest absolute Gasteiger partial charge is 1.00 e. The van der Waals surface area contributed by atoms with Crippen LogP contribution in [0, 0.1) is 0 Å². The molecule has 1 amide bonds. The quantitative estimate of drug-likeness (QED) is 0.488. The summed E-state index contributed by atoms with van der Waals surface area (Å²) in [5.41, 5.74) is 0. The molecule has 86 valence electrons. The van der Waals surface area contributed by atoms with Crippen LogP contribution in [0.3, 0.4) is 0 Å². The molecule has 1 rings (SSSR count). The second-order valence-corrected chi connectivity index (χ2v) is 3.12. The summed E-state index contributed by atoms with van der Waals surface area (Å²) < 4.78 is 0. The number of carboxylic acid groups (broad SMARTS) is 1. The van der Waals surface area contributed by atoms with Crippen LogP contribution in [0.1, 0.15) is 27.1 Å². The zero-order valence-corrected chi connectivity index (χ0v) is 11.8. The van der Waals surface area contributed by atoms with E-state index in [2.05, 4.69) is 13.2 Å². The van der Waals surface area contributed by atoms with Crippen LogP contribution in [-0.4, -0.2) is 28.4 Å². The molecular formula is C11H18NNaO3. The normalized spacial score (nSPS) is 14.8. The van der Waals surface area contributed by atoms with Crippen LogP contribution in [0.25, 0.3) is 0 Å². The van der Waals surface area contributed by atoms with E-state index in [0.717, 1.165) is 25.5 Å². The molecule has 1 aliphatic heterocycles. The second kappa shape index (κ2) is 10.9. The summed E-state index contributed by atoms with van der Waals surface area (Å²) in [6.45, 7) is 7.41. The van der Waals surface area contributed by atoms with E-state index < -0.39 is 5.97 Å². The summed E-state index contributed by atoms with van der Waals surface area (Å²) >= 11 is 0. The van der Waals surface area contributed by atoms with Gasteiger partial charge in [0.05, 0.1) is 0 Å². The molecule has 1 heterocycles. The number of rotatable bonds is 2. The van der Waals surface area contributed by atoms with E-state index in [9.17, 15) is 9.59 Å². The standard InChI is InChI=1S/C8H13NO.C3H4O2.Na.H/c1-2-9-7-5-3-4-6-8(9)10;1-2-3(4)5;;/h2H,1,3-7H2;2H,1H2,(H,4,5);;/q;;+1;-1. The Hall–Kier alpha value is -0.580. The van der Waals surface area contributed by atoms with Crippen molar-refractivity contribution in [3.63, 3.8) is 0 Å². The van der Waals surface area contributed by atoms with E-state index >= 15 is 0 Å². The fourth-order valence-corrected chi connectivity index (χ4v) is 1.20. The Morgan fingerprint density at radius 3 is 2.38 bits per heavy atom. The van der Waals surface area contributed by atoms with Crippen LogP contribution in [0.4, 0.5) is 0 Å². The number of carbonyl (C=O) groups excluding carboxylic acids is 1. The molecule has 1 aliphatic rings. The molecule has 0 aromatic carbocycles. The molecule has 0 radical (unpaired) electrons. The molecular weight excluding hydrogens is 217 g/mol. The van der Waals surface area contributed by atoms with Crippen LogP contribution < -0.4 is 29.6 Å². The Morgan fingerprint density at radius 2 is 1.94 bits per heavy atom. The van der Waals surface area contributed by atoms with Gasteiger partial charge in [-0.05, 0) is 19.0 Å². The monoisotopic (exact) mass is 235 g/mol. The number of aliphatic carboxylic acids is 1. The zero-order valence-electron chi connectivity index (χ0n) is 10.8. The Labute approximate surface area is 120 Å². The number of hydrogen-bond acceptors (Lipinski definition) is 2. The predicted molar refractivity (Wildman–Crippen MR) is 59.3 cm³/mol. The molecule has 0 aliphatic carbocycles. The summed E-state index contributed by atoms with van der Waals surface area (Å²) in [6.07, 6.45) is 6.51. The first kappa shape index (κ1) is 17.8. The van der Waals surface area contributed by atoms with Crippen molar-refractivity contribution in [2.45, 2.75) is 25.7 Å². The summed E-state index contributed by atoms with van der Waals surface area (Å²) in [6, 6.07) is 0. The van der Waals surface area contributed by atoms with Gasteiger partial charge in [-0.1, -0.05) is 19.6 Å². The van der Waals surface area contributed by atoms with Crippen LogP contribution in [0.15, 0.2) is 25.4 Å². The third-order valence-corrected chi connectivity index (χ3v) is 2.01. The summed E-state index contributed by atoms with van der Waals surface area (Å²) in [4.78, 5) is 22.1. The van der Waals surface area contributed by atoms with Crippen molar-refractivity contribution in [1.29, 1.82) is 0 Å². The average Bonchev–Trinajstić information content (AvgIpc) is 2.43. The van der Waals surface area contributed by atoms with Gasteiger partial charge in [0, 0.05) is 19.0 Å². The van der Waals surface area contributed by atoms with Gasteiger partial charge >= 0.3 is 35.5 Å². The third kappa shape index (κ3) is 8.71. The Bertz CT molecular complexity index is 259. The molecule has 1 saturated heterocycles. The van der Waals surface area contributed by atoms with Crippen molar-refractivity contribution in [2.75, 3.05) is 6.54 Å². The summed E-state index contributed by atoms with van der Waals surface area (Å²) in [7, 11) is 0. The molecule has 0 atom stereocenters. The van der Waals surface area contributed by atoms with Crippen LogP contribution in [0.2, 0.25) is 0 Å². The molecule has 0 saturated carbocycles. The van der Waals surface area contributed by atoms with Crippen LogP contribution in [-0.2, 0) is 9.59 Å². The molecule has 5 heteroatoms. The maximum absolute atomic E-state index is 11.1. The smallest absolute Gasteiger partial charge is 1.00 e. The van der Waals surface area contributed by atoms with Crippen LogP contribution >= 0.6 is 0 Å². The number of nitrogens with zero attached hydrogens (tertiary/aromatic N) is 1. The van der Waals surface area contributed by atoms with Gasteiger partial charge in [0.1, 0.15) is 0 Å². The predicted octanol–water partition coefficient (Wildman–Crippen LogP) is -1.09. The van der Waals surface area contributed by atoms with Crippen LogP contribution in [0.5, 0.6) is 0 Å². The van der Waals surface area contributed by atoms with Gasteiger partial charge in [-0.2, -0.15) is 0 Å². The van der Waals surface area contributed by atoms with E-state index in [1.165, 1.54) is 6.42 Å². The van der Waals surface area contributed by atoms with E-state index in [-0.39, 0.29) is 36.9 Å². The van der Waals surface area contributed by atoms with E-state index in [1.807, 2.05) is 0 Å². The Balaban J connectivity index is -0.000000247. The fraction of sp³-hybridized carbons (Fsp3) is 0.455. The van der Waals surface area contributed by atoms with Gasteiger partial charge < -0.3 is 11.4 Å². The van der Waals surface area contributed by atoms with E-state index in [0.29, 0.717) is 6.42 Å². The van der Waals surface area contributed by atoms with Gasteiger partial charge in [-0.15, -0.1) is 0 Å². The van der Waals surface area contributed by atoms with E-state index in [4.69, 9.17) is 5.11 Å². The number of carbonyl (C=O) groups is 2. The van der Waals surface area contributed by atoms with Crippen molar-refractivity contribution >= 4 is 11.9 Å². The van der Waals surface area contributed by atoms with Gasteiger partial charge in [0.2, 0.25) is 5.91 Å². The molecule has 1 N–H and O–H groups in total. The topological polar surface area (TPSA) is 57.6 Å². The molecule has 0 spiro atoms. The van der Waals surface area contributed by atoms with E-state index in [1.54, 1.807) is 11.1 Å². The number of amides is 1. The third-order valence-electron chi connectivity index (χ3n) is 2.01. The summed E-state index contributed by atoms with van der Waals surface area (Å²) in [5, 5.41) is 7.60. The molecule has 4 nitrogen and oxygen atoms in total. The Morgan fingerprint density at radius 1 is 1.38 bits per heavy atom. The number of hydrogen-bond donors (Lipinski definition) is 1.